The highest BCUT2D eigenvalue weighted by atomic mass is 19.1. The van der Waals surface area contributed by atoms with Gasteiger partial charge in [0.25, 0.3) is 0 Å². The molecule has 1 aliphatic rings. The first-order valence-electron chi connectivity index (χ1n) is 6.20. The predicted octanol–water partition coefficient (Wildman–Crippen LogP) is 0.607. The van der Waals surface area contributed by atoms with Crippen LogP contribution in [0.2, 0.25) is 0 Å². The third kappa shape index (κ3) is 3.73. The van der Waals surface area contributed by atoms with Crippen molar-refractivity contribution < 1.29 is 14.3 Å². The Hall–Kier alpha value is -1.50. The van der Waals surface area contributed by atoms with E-state index in [0.717, 1.165) is 12.1 Å². The van der Waals surface area contributed by atoms with Crippen LogP contribution in [0.1, 0.15) is 11.6 Å². The summed E-state index contributed by atoms with van der Waals surface area (Å²) in [5.41, 5.74) is 7.23. The third-order valence-electron chi connectivity index (χ3n) is 3.27. The number of carbonyl (C=O) groups is 1. The van der Waals surface area contributed by atoms with Crippen LogP contribution in [-0.4, -0.2) is 42.7 Å². The van der Waals surface area contributed by atoms with E-state index < -0.39 is 5.97 Å². The minimum absolute atomic E-state index is 0.0205. The van der Waals surface area contributed by atoms with Crippen molar-refractivity contribution in [3.8, 4) is 0 Å². The van der Waals surface area contributed by atoms with E-state index in [0.29, 0.717) is 6.54 Å². The van der Waals surface area contributed by atoms with E-state index in [-0.39, 0.29) is 24.3 Å². The van der Waals surface area contributed by atoms with Crippen LogP contribution >= 0.6 is 0 Å². The van der Waals surface area contributed by atoms with Gasteiger partial charge in [-0.05, 0) is 24.7 Å². The van der Waals surface area contributed by atoms with E-state index in [1.807, 2.05) is 0 Å². The van der Waals surface area contributed by atoms with Crippen molar-refractivity contribution in [2.45, 2.75) is 6.04 Å². The maximum absolute atomic E-state index is 12.9. The fourth-order valence-corrected chi connectivity index (χ4v) is 2.43. The molecule has 2 rings (SSSR count). The van der Waals surface area contributed by atoms with Gasteiger partial charge in [-0.2, -0.15) is 0 Å². The molecular formula is C13H18FN3O2. The molecular weight excluding hydrogens is 249 g/mol. The highest BCUT2D eigenvalue weighted by Gasteiger charge is 2.29. The third-order valence-corrected chi connectivity index (χ3v) is 3.27. The van der Waals surface area contributed by atoms with Gasteiger partial charge < -0.3 is 5.11 Å². The number of carboxylic acids is 1. The van der Waals surface area contributed by atoms with Crippen molar-refractivity contribution in [3.63, 3.8) is 0 Å². The number of hydrazine groups is 1. The molecule has 2 unspecified atom stereocenters. The van der Waals surface area contributed by atoms with Crippen molar-refractivity contribution >= 4 is 5.97 Å². The zero-order valence-electron chi connectivity index (χ0n) is 10.8. The second-order valence-corrected chi connectivity index (χ2v) is 4.91. The Kier molecular flexibility index (Phi) is 4.47. The topological polar surface area (TPSA) is 64.6 Å². The van der Waals surface area contributed by atoms with Crippen LogP contribution in [-0.2, 0) is 4.79 Å². The number of benzene rings is 1. The number of nitrogens with zero attached hydrogens (tertiary/aromatic N) is 1. The molecule has 1 aromatic carbocycles. The lowest BCUT2D eigenvalue weighted by Gasteiger charge is -2.23. The van der Waals surface area contributed by atoms with Crippen LogP contribution in [0, 0.1) is 11.7 Å². The predicted molar refractivity (Wildman–Crippen MR) is 68.9 cm³/mol. The normalized spacial score (nSPS) is 22.9. The summed E-state index contributed by atoms with van der Waals surface area (Å²) in [7, 11) is 1.79. The van der Waals surface area contributed by atoms with Crippen molar-refractivity contribution in [1.29, 1.82) is 0 Å². The summed E-state index contributed by atoms with van der Waals surface area (Å²) in [4.78, 5) is 12.4. The van der Waals surface area contributed by atoms with E-state index >= 15 is 0 Å². The number of hydrogen-bond acceptors (Lipinski definition) is 4. The molecule has 0 spiro atoms. The molecule has 1 heterocycles. The molecule has 0 aromatic heterocycles. The zero-order valence-corrected chi connectivity index (χ0v) is 10.8. The SMILES string of the molecule is CN(CC(=O)O)CC1CNNC1c1ccc(F)cc1. The lowest BCUT2D eigenvalue weighted by atomic mass is 9.94. The maximum Gasteiger partial charge on any atom is 0.317 e. The van der Waals surface area contributed by atoms with Gasteiger partial charge >= 0.3 is 5.97 Å². The fourth-order valence-electron chi connectivity index (χ4n) is 2.43. The monoisotopic (exact) mass is 267 g/mol. The molecule has 5 nitrogen and oxygen atoms in total. The molecule has 0 saturated carbocycles. The summed E-state index contributed by atoms with van der Waals surface area (Å²) in [6.45, 7) is 1.44. The molecule has 3 N–H and O–H groups in total. The van der Waals surface area contributed by atoms with Crippen molar-refractivity contribution in [1.82, 2.24) is 15.8 Å². The molecule has 1 fully saturated rings. The number of carboxylic acid groups (broad SMARTS) is 1. The molecule has 1 saturated heterocycles. The first-order valence-corrected chi connectivity index (χ1v) is 6.20. The van der Waals surface area contributed by atoms with Gasteiger partial charge in [-0.3, -0.25) is 15.1 Å². The summed E-state index contributed by atoms with van der Waals surface area (Å²) >= 11 is 0. The second kappa shape index (κ2) is 6.10. The molecule has 1 aromatic rings. The van der Waals surface area contributed by atoms with Crippen LogP contribution in [0.5, 0.6) is 0 Å². The minimum Gasteiger partial charge on any atom is -0.480 e. The van der Waals surface area contributed by atoms with Crippen LogP contribution in [0.25, 0.3) is 0 Å². The van der Waals surface area contributed by atoms with E-state index in [4.69, 9.17) is 5.11 Å². The molecule has 104 valence electrons. The van der Waals surface area contributed by atoms with Gasteiger partial charge in [0.2, 0.25) is 0 Å². The largest absolute Gasteiger partial charge is 0.480 e. The Morgan fingerprint density at radius 2 is 2.16 bits per heavy atom. The fraction of sp³-hybridized carbons (Fsp3) is 0.462. The first-order chi connectivity index (χ1) is 9.06. The molecule has 0 radical (unpaired) electrons. The van der Waals surface area contributed by atoms with Gasteiger partial charge in [0.15, 0.2) is 0 Å². The van der Waals surface area contributed by atoms with Gasteiger partial charge in [-0.15, -0.1) is 0 Å². The van der Waals surface area contributed by atoms with Crippen LogP contribution in [0.15, 0.2) is 24.3 Å². The zero-order chi connectivity index (χ0) is 13.8. The lowest BCUT2D eigenvalue weighted by Crippen LogP contribution is -2.33. The molecule has 6 heteroatoms. The van der Waals surface area contributed by atoms with E-state index in [2.05, 4.69) is 10.9 Å². The van der Waals surface area contributed by atoms with Gasteiger partial charge in [-0.25, -0.2) is 9.82 Å². The summed E-state index contributed by atoms with van der Waals surface area (Å²) in [6.07, 6.45) is 0. The molecule has 0 amide bonds. The molecule has 2 atom stereocenters. The number of halogens is 1. The van der Waals surface area contributed by atoms with Crippen molar-refractivity contribution in [2.75, 3.05) is 26.7 Å². The summed E-state index contributed by atoms with van der Waals surface area (Å²) in [5.74, 6) is -0.844. The van der Waals surface area contributed by atoms with E-state index in [9.17, 15) is 9.18 Å². The molecule has 19 heavy (non-hydrogen) atoms. The highest BCUT2D eigenvalue weighted by molar-refractivity contribution is 5.69. The smallest absolute Gasteiger partial charge is 0.317 e. The second-order valence-electron chi connectivity index (χ2n) is 4.91. The Morgan fingerprint density at radius 3 is 2.79 bits per heavy atom. The van der Waals surface area contributed by atoms with Gasteiger partial charge in [-0.1, -0.05) is 12.1 Å². The Labute approximate surface area is 111 Å². The molecule has 0 aliphatic carbocycles. The minimum atomic E-state index is -0.834. The van der Waals surface area contributed by atoms with Crippen molar-refractivity contribution in [2.24, 2.45) is 5.92 Å². The number of nitrogens with one attached hydrogen (secondary N) is 2. The Balaban J connectivity index is 2.00. The quantitative estimate of drug-likeness (QED) is 0.729. The summed E-state index contributed by atoms with van der Waals surface area (Å²) in [5, 5.41) is 8.76. The van der Waals surface area contributed by atoms with E-state index in [1.165, 1.54) is 12.1 Å². The number of aliphatic carboxylic acids is 1. The average Bonchev–Trinajstić information content (AvgIpc) is 2.77. The first kappa shape index (κ1) is 13.9. The Bertz CT molecular complexity index is 438. The average molecular weight is 267 g/mol. The summed E-state index contributed by atoms with van der Waals surface area (Å²) < 4.78 is 12.9. The molecule has 1 aliphatic heterocycles. The number of hydrogen-bond donors (Lipinski definition) is 3. The maximum atomic E-state index is 12.9. The van der Waals surface area contributed by atoms with E-state index in [1.54, 1.807) is 24.1 Å². The van der Waals surface area contributed by atoms with Crippen LogP contribution < -0.4 is 10.9 Å². The highest BCUT2D eigenvalue weighted by Crippen LogP contribution is 2.25. The van der Waals surface area contributed by atoms with Gasteiger partial charge in [0, 0.05) is 19.0 Å². The van der Waals surface area contributed by atoms with Crippen LogP contribution in [0.4, 0.5) is 4.39 Å². The van der Waals surface area contributed by atoms with Crippen LogP contribution in [0.3, 0.4) is 0 Å². The van der Waals surface area contributed by atoms with Crippen molar-refractivity contribution in [3.05, 3.63) is 35.6 Å². The standard InChI is InChI=1S/C13H18FN3O2/c1-17(8-12(18)19)7-10-6-15-16-13(10)9-2-4-11(14)5-3-9/h2-5,10,13,15-16H,6-8H2,1H3,(H,18,19). The summed E-state index contributed by atoms with van der Waals surface area (Å²) in [6, 6.07) is 6.45. The number of likely N-dealkylation sites (N-methyl/N-ethyl adjacent to an activating group) is 1. The Morgan fingerprint density at radius 1 is 1.47 bits per heavy atom. The number of rotatable bonds is 5. The lowest BCUT2D eigenvalue weighted by molar-refractivity contribution is -0.138. The van der Waals surface area contributed by atoms with Gasteiger partial charge in [0.05, 0.1) is 12.6 Å². The van der Waals surface area contributed by atoms with Gasteiger partial charge in [0.1, 0.15) is 5.82 Å². The molecule has 0 bridgehead atoms.